The summed E-state index contributed by atoms with van der Waals surface area (Å²) in [6.45, 7) is 2.19. The van der Waals surface area contributed by atoms with Gasteiger partial charge in [-0.1, -0.05) is 36.4 Å². The van der Waals surface area contributed by atoms with E-state index in [-0.39, 0.29) is 30.8 Å². The fourth-order valence-electron chi connectivity index (χ4n) is 3.75. The molecule has 0 atom stereocenters. The van der Waals surface area contributed by atoms with Gasteiger partial charge in [-0.25, -0.2) is 0 Å². The first kappa shape index (κ1) is 20.3. The zero-order chi connectivity index (χ0) is 22.0. The third kappa shape index (κ3) is 3.80. The number of hydrogen-bond donors (Lipinski definition) is 0. The van der Waals surface area contributed by atoms with Crippen LogP contribution in [0.25, 0.3) is 0 Å². The Hall–Kier alpha value is -3.93. The zero-order valence-electron chi connectivity index (χ0n) is 17.4. The standard InChI is InChI=1S/C25H22N2O4/c1-17-8-7-9-18(16-17)26(25(30)21-12-5-6-13-22(21)31-2)14-15-27-23(28)19-10-3-4-11-20(19)24(27)29/h3-13,16H,14-15H2,1-2H3. The Bertz CT molecular complexity index is 1140. The van der Waals surface area contributed by atoms with E-state index in [0.717, 1.165) is 5.56 Å². The summed E-state index contributed by atoms with van der Waals surface area (Å²) in [6, 6.07) is 21.3. The normalized spacial score (nSPS) is 12.6. The van der Waals surface area contributed by atoms with Crippen molar-refractivity contribution in [2.45, 2.75) is 6.92 Å². The number of carbonyl (C=O) groups is 3. The number of ether oxygens (including phenoxy) is 1. The number of carbonyl (C=O) groups excluding carboxylic acids is 3. The number of rotatable bonds is 6. The Morgan fingerprint density at radius 2 is 1.55 bits per heavy atom. The van der Waals surface area contributed by atoms with Gasteiger partial charge in [0.15, 0.2) is 0 Å². The van der Waals surface area contributed by atoms with E-state index in [1.165, 1.54) is 12.0 Å². The van der Waals surface area contributed by atoms with E-state index >= 15 is 0 Å². The van der Waals surface area contributed by atoms with Crippen LogP contribution >= 0.6 is 0 Å². The van der Waals surface area contributed by atoms with E-state index in [1.54, 1.807) is 53.4 Å². The molecule has 6 heteroatoms. The highest BCUT2D eigenvalue weighted by Gasteiger charge is 2.35. The molecule has 3 aromatic rings. The SMILES string of the molecule is COc1ccccc1C(=O)N(CCN1C(=O)c2ccccc2C1=O)c1cccc(C)c1. The van der Waals surface area contributed by atoms with Crippen molar-refractivity contribution in [2.75, 3.05) is 25.1 Å². The molecule has 4 rings (SSSR count). The Morgan fingerprint density at radius 1 is 0.903 bits per heavy atom. The minimum Gasteiger partial charge on any atom is -0.496 e. The van der Waals surface area contributed by atoms with Crippen molar-refractivity contribution in [3.05, 3.63) is 95.1 Å². The molecule has 0 saturated carbocycles. The van der Waals surface area contributed by atoms with E-state index in [2.05, 4.69) is 0 Å². The first-order valence-corrected chi connectivity index (χ1v) is 9.98. The average Bonchev–Trinajstić information content (AvgIpc) is 3.04. The number of fused-ring (bicyclic) bond motifs is 1. The number of nitrogens with zero attached hydrogens (tertiary/aromatic N) is 2. The van der Waals surface area contributed by atoms with Gasteiger partial charge in [-0.2, -0.15) is 0 Å². The van der Waals surface area contributed by atoms with Gasteiger partial charge in [0.2, 0.25) is 0 Å². The lowest BCUT2D eigenvalue weighted by Crippen LogP contribution is -2.41. The highest BCUT2D eigenvalue weighted by atomic mass is 16.5. The van der Waals surface area contributed by atoms with Crippen LogP contribution in [0.4, 0.5) is 5.69 Å². The number of anilines is 1. The molecule has 0 saturated heterocycles. The molecule has 156 valence electrons. The van der Waals surface area contributed by atoms with Crippen molar-refractivity contribution in [1.29, 1.82) is 0 Å². The highest BCUT2D eigenvalue weighted by Crippen LogP contribution is 2.26. The molecule has 1 heterocycles. The fourth-order valence-corrected chi connectivity index (χ4v) is 3.75. The molecule has 0 aromatic heterocycles. The summed E-state index contributed by atoms with van der Waals surface area (Å²) in [7, 11) is 1.52. The van der Waals surface area contributed by atoms with Crippen LogP contribution in [0.3, 0.4) is 0 Å². The molecular weight excluding hydrogens is 392 g/mol. The molecule has 0 fully saturated rings. The number of imide groups is 1. The van der Waals surface area contributed by atoms with Crippen molar-refractivity contribution in [3.8, 4) is 5.75 Å². The predicted octanol–water partition coefficient (Wildman–Crippen LogP) is 3.95. The summed E-state index contributed by atoms with van der Waals surface area (Å²) in [5.74, 6) is -0.477. The lowest BCUT2D eigenvalue weighted by Gasteiger charge is -2.26. The quantitative estimate of drug-likeness (QED) is 0.573. The minimum atomic E-state index is -0.338. The van der Waals surface area contributed by atoms with Gasteiger partial charge in [0, 0.05) is 18.8 Å². The smallest absolute Gasteiger partial charge is 0.262 e. The van der Waals surface area contributed by atoms with Crippen molar-refractivity contribution in [1.82, 2.24) is 4.90 Å². The second-order valence-corrected chi connectivity index (χ2v) is 7.30. The fraction of sp³-hybridized carbons (Fsp3) is 0.160. The first-order valence-electron chi connectivity index (χ1n) is 9.98. The summed E-state index contributed by atoms with van der Waals surface area (Å²) in [5, 5.41) is 0. The topological polar surface area (TPSA) is 66.9 Å². The molecule has 0 aliphatic carbocycles. The molecule has 1 aliphatic rings. The second kappa shape index (κ2) is 8.44. The lowest BCUT2D eigenvalue weighted by molar-refractivity contribution is 0.0654. The van der Waals surface area contributed by atoms with Crippen LogP contribution in [0.2, 0.25) is 0 Å². The van der Waals surface area contributed by atoms with Crippen LogP contribution in [-0.4, -0.2) is 42.8 Å². The molecular formula is C25H22N2O4. The Kier molecular flexibility index (Phi) is 5.54. The Morgan fingerprint density at radius 3 is 2.19 bits per heavy atom. The number of para-hydroxylation sites is 1. The largest absolute Gasteiger partial charge is 0.496 e. The highest BCUT2D eigenvalue weighted by molar-refractivity contribution is 6.21. The summed E-state index contributed by atoms with van der Waals surface area (Å²) >= 11 is 0. The molecule has 0 unspecified atom stereocenters. The molecule has 3 aromatic carbocycles. The van der Waals surface area contributed by atoms with Crippen molar-refractivity contribution in [2.24, 2.45) is 0 Å². The molecule has 1 aliphatic heterocycles. The molecule has 0 N–H and O–H groups in total. The van der Waals surface area contributed by atoms with E-state index in [1.807, 2.05) is 31.2 Å². The van der Waals surface area contributed by atoms with Crippen LogP contribution in [0, 0.1) is 6.92 Å². The molecule has 3 amide bonds. The lowest BCUT2D eigenvalue weighted by atomic mass is 10.1. The predicted molar refractivity (Wildman–Crippen MR) is 118 cm³/mol. The molecule has 31 heavy (non-hydrogen) atoms. The summed E-state index contributed by atoms with van der Waals surface area (Å²) in [5.41, 5.74) is 2.88. The maximum absolute atomic E-state index is 13.5. The number of aryl methyl sites for hydroxylation is 1. The van der Waals surface area contributed by atoms with Crippen molar-refractivity contribution >= 4 is 23.4 Å². The molecule has 0 spiro atoms. The summed E-state index contributed by atoms with van der Waals surface area (Å²) < 4.78 is 5.36. The van der Waals surface area contributed by atoms with Crippen molar-refractivity contribution in [3.63, 3.8) is 0 Å². The van der Waals surface area contributed by atoms with Gasteiger partial charge in [0.25, 0.3) is 17.7 Å². The summed E-state index contributed by atoms with van der Waals surface area (Å²) in [6.07, 6.45) is 0. The minimum absolute atomic E-state index is 0.0845. The van der Waals surface area contributed by atoms with Gasteiger partial charge in [0.05, 0.1) is 23.8 Å². The van der Waals surface area contributed by atoms with E-state index in [4.69, 9.17) is 4.74 Å². The third-order valence-electron chi connectivity index (χ3n) is 5.32. The zero-order valence-corrected chi connectivity index (χ0v) is 17.4. The average molecular weight is 414 g/mol. The molecule has 0 radical (unpaired) electrons. The van der Waals surface area contributed by atoms with E-state index in [0.29, 0.717) is 28.1 Å². The third-order valence-corrected chi connectivity index (χ3v) is 5.32. The number of amides is 3. The van der Waals surface area contributed by atoms with Gasteiger partial charge in [-0.15, -0.1) is 0 Å². The van der Waals surface area contributed by atoms with Crippen LogP contribution < -0.4 is 9.64 Å². The maximum atomic E-state index is 13.5. The van der Waals surface area contributed by atoms with Crippen LogP contribution in [0.5, 0.6) is 5.75 Å². The van der Waals surface area contributed by atoms with Crippen LogP contribution in [-0.2, 0) is 0 Å². The summed E-state index contributed by atoms with van der Waals surface area (Å²) in [4.78, 5) is 41.7. The maximum Gasteiger partial charge on any atom is 0.262 e. The molecule has 0 bridgehead atoms. The second-order valence-electron chi connectivity index (χ2n) is 7.30. The number of methoxy groups -OCH3 is 1. The van der Waals surface area contributed by atoms with Gasteiger partial charge in [-0.3, -0.25) is 19.3 Å². The number of benzene rings is 3. The first-order chi connectivity index (χ1) is 15.0. The Balaban J connectivity index is 1.64. The monoisotopic (exact) mass is 414 g/mol. The van der Waals surface area contributed by atoms with Crippen molar-refractivity contribution < 1.29 is 19.1 Å². The van der Waals surface area contributed by atoms with Crippen LogP contribution in [0.1, 0.15) is 36.6 Å². The van der Waals surface area contributed by atoms with Crippen LogP contribution in [0.15, 0.2) is 72.8 Å². The van der Waals surface area contributed by atoms with E-state index < -0.39 is 0 Å². The Labute approximate surface area is 180 Å². The van der Waals surface area contributed by atoms with Gasteiger partial charge >= 0.3 is 0 Å². The van der Waals surface area contributed by atoms with Gasteiger partial charge in [-0.05, 0) is 48.9 Å². The number of hydrogen-bond acceptors (Lipinski definition) is 4. The van der Waals surface area contributed by atoms with Gasteiger partial charge < -0.3 is 9.64 Å². The molecule has 6 nitrogen and oxygen atoms in total. The van der Waals surface area contributed by atoms with Gasteiger partial charge in [0.1, 0.15) is 5.75 Å². The van der Waals surface area contributed by atoms with E-state index in [9.17, 15) is 14.4 Å².